The fourth-order valence-electron chi connectivity index (χ4n) is 2.14. The Morgan fingerprint density at radius 3 is 3.00 bits per heavy atom. The second-order valence-electron chi connectivity index (χ2n) is 4.52. The van der Waals surface area contributed by atoms with Crippen molar-refractivity contribution in [1.82, 2.24) is 5.32 Å². The van der Waals surface area contributed by atoms with Gasteiger partial charge in [-0.15, -0.1) is 11.8 Å². The van der Waals surface area contributed by atoms with Crippen LogP contribution in [0.3, 0.4) is 0 Å². The summed E-state index contributed by atoms with van der Waals surface area (Å²) in [6.45, 7) is 1.94. The van der Waals surface area contributed by atoms with Crippen LogP contribution in [-0.2, 0) is 4.79 Å². The Labute approximate surface area is 106 Å². The summed E-state index contributed by atoms with van der Waals surface area (Å²) in [5.74, 6) is 1.48. The third kappa shape index (κ3) is 3.80. The summed E-state index contributed by atoms with van der Waals surface area (Å²) in [5, 5.41) is 3.65. The van der Waals surface area contributed by atoms with Crippen molar-refractivity contribution in [3.63, 3.8) is 0 Å². The SMILES string of the molecule is C[C@@H](NC(=O)CSC1CCCC1)c1ccco1. The van der Waals surface area contributed by atoms with Gasteiger partial charge >= 0.3 is 0 Å². The lowest BCUT2D eigenvalue weighted by molar-refractivity contribution is -0.119. The van der Waals surface area contributed by atoms with Gasteiger partial charge in [0.1, 0.15) is 5.76 Å². The lowest BCUT2D eigenvalue weighted by atomic mass is 10.2. The Kier molecular flexibility index (Phi) is 4.54. The smallest absolute Gasteiger partial charge is 0.230 e. The molecule has 1 atom stereocenters. The van der Waals surface area contributed by atoms with E-state index in [2.05, 4.69) is 5.32 Å². The maximum Gasteiger partial charge on any atom is 0.230 e. The van der Waals surface area contributed by atoms with Gasteiger partial charge in [-0.1, -0.05) is 12.8 Å². The van der Waals surface area contributed by atoms with E-state index in [1.54, 1.807) is 18.0 Å². The van der Waals surface area contributed by atoms with Crippen LogP contribution < -0.4 is 5.32 Å². The number of thioether (sulfide) groups is 1. The van der Waals surface area contributed by atoms with Crippen LogP contribution in [0.1, 0.15) is 44.4 Å². The maximum absolute atomic E-state index is 11.7. The normalized spacial score (nSPS) is 18.2. The molecule has 2 rings (SSSR count). The highest BCUT2D eigenvalue weighted by molar-refractivity contribution is 8.00. The molecule has 1 aliphatic rings. The van der Waals surface area contributed by atoms with E-state index in [1.807, 2.05) is 19.1 Å². The molecule has 17 heavy (non-hydrogen) atoms. The van der Waals surface area contributed by atoms with Crippen molar-refractivity contribution in [3.05, 3.63) is 24.2 Å². The molecular formula is C13H19NO2S. The van der Waals surface area contributed by atoms with E-state index >= 15 is 0 Å². The molecule has 1 aliphatic carbocycles. The molecule has 0 spiro atoms. The van der Waals surface area contributed by atoms with Gasteiger partial charge in [0.15, 0.2) is 0 Å². The molecule has 1 heterocycles. The minimum Gasteiger partial charge on any atom is -0.467 e. The predicted octanol–water partition coefficient (Wildman–Crippen LogP) is 3.13. The Morgan fingerprint density at radius 2 is 2.35 bits per heavy atom. The van der Waals surface area contributed by atoms with Crippen LogP contribution in [0.15, 0.2) is 22.8 Å². The van der Waals surface area contributed by atoms with Crippen molar-refractivity contribution < 1.29 is 9.21 Å². The standard InChI is InChI=1S/C13H19NO2S/c1-10(12-7-4-8-16-12)14-13(15)9-17-11-5-2-3-6-11/h4,7-8,10-11H,2-3,5-6,9H2,1H3,(H,14,15)/t10-/m1/s1. The number of hydrogen-bond donors (Lipinski definition) is 1. The Morgan fingerprint density at radius 1 is 1.59 bits per heavy atom. The van der Waals surface area contributed by atoms with Crippen LogP contribution in [0.4, 0.5) is 0 Å². The zero-order chi connectivity index (χ0) is 12.1. The number of carbonyl (C=O) groups excluding carboxylic acids is 1. The largest absolute Gasteiger partial charge is 0.467 e. The molecule has 3 nitrogen and oxygen atoms in total. The molecule has 1 amide bonds. The van der Waals surface area contributed by atoms with E-state index in [9.17, 15) is 4.79 Å². The molecule has 1 N–H and O–H groups in total. The molecule has 1 aromatic heterocycles. The van der Waals surface area contributed by atoms with Crippen molar-refractivity contribution in [2.75, 3.05) is 5.75 Å². The Bertz CT molecular complexity index is 344. The van der Waals surface area contributed by atoms with Crippen molar-refractivity contribution in [2.24, 2.45) is 0 Å². The fraction of sp³-hybridized carbons (Fsp3) is 0.615. The lowest BCUT2D eigenvalue weighted by Crippen LogP contribution is -2.28. The highest BCUT2D eigenvalue weighted by Crippen LogP contribution is 2.29. The average Bonchev–Trinajstić information content (AvgIpc) is 2.99. The van der Waals surface area contributed by atoms with Gasteiger partial charge in [-0.3, -0.25) is 4.79 Å². The first-order valence-corrected chi connectivity index (χ1v) is 7.25. The van der Waals surface area contributed by atoms with Gasteiger partial charge in [0.2, 0.25) is 5.91 Å². The van der Waals surface area contributed by atoms with Crippen LogP contribution in [0.2, 0.25) is 0 Å². The second-order valence-corrected chi connectivity index (χ2v) is 5.81. The summed E-state index contributed by atoms with van der Waals surface area (Å²) in [6.07, 6.45) is 6.81. The third-order valence-electron chi connectivity index (χ3n) is 3.10. The summed E-state index contributed by atoms with van der Waals surface area (Å²) in [7, 11) is 0. The highest BCUT2D eigenvalue weighted by Gasteiger charge is 2.18. The monoisotopic (exact) mass is 253 g/mol. The first kappa shape index (κ1) is 12.6. The van der Waals surface area contributed by atoms with Crippen LogP contribution in [0, 0.1) is 0 Å². The number of rotatable bonds is 5. The first-order chi connectivity index (χ1) is 8.25. The van der Waals surface area contributed by atoms with E-state index in [1.165, 1.54) is 25.7 Å². The van der Waals surface area contributed by atoms with Gasteiger partial charge < -0.3 is 9.73 Å². The fourth-order valence-corrected chi connectivity index (χ4v) is 3.28. The number of amides is 1. The summed E-state index contributed by atoms with van der Waals surface area (Å²) in [4.78, 5) is 11.7. The molecule has 1 fully saturated rings. The van der Waals surface area contributed by atoms with Crippen molar-refractivity contribution >= 4 is 17.7 Å². The highest BCUT2D eigenvalue weighted by atomic mass is 32.2. The van der Waals surface area contributed by atoms with Gasteiger partial charge in [0.25, 0.3) is 0 Å². The van der Waals surface area contributed by atoms with E-state index in [4.69, 9.17) is 4.42 Å². The number of carbonyl (C=O) groups is 1. The zero-order valence-electron chi connectivity index (χ0n) is 10.1. The zero-order valence-corrected chi connectivity index (χ0v) is 11.0. The molecule has 94 valence electrons. The van der Waals surface area contributed by atoms with Crippen LogP contribution in [-0.4, -0.2) is 16.9 Å². The molecule has 0 radical (unpaired) electrons. The maximum atomic E-state index is 11.7. The second kappa shape index (κ2) is 6.15. The van der Waals surface area contributed by atoms with Crippen LogP contribution in [0.25, 0.3) is 0 Å². The molecular weight excluding hydrogens is 234 g/mol. The topological polar surface area (TPSA) is 42.2 Å². The number of furan rings is 1. The Balaban J connectivity index is 1.69. The van der Waals surface area contributed by atoms with E-state index in [0.717, 1.165) is 5.76 Å². The van der Waals surface area contributed by atoms with E-state index in [-0.39, 0.29) is 11.9 Å². The molecule has 0 aromatic carbocycles. The van der Waals surface area contributed by atoms with Gasteiger partial charge in [0.05, 0.1) is 18.1 Å². The molecule has 0 saturated heterocycles. The van der Waals surface area contributed by atoms with Crippen molar-refractivity contribution in [1.29, 1.82) is 0 Å². The van der Waals surface area contributed by atoms with Crippen LogP contribution >= 0.6 is 11.8 Å². The summed E-state index contributed by atoms with van der Waals surface area (Å²) >= 11 is 1.79. The van der Waals surface area contributed by atoms with Crippen molar-refractivity contribution in [2.45, 2.75) is 43.9 Å². The molecule has 0 bridgehead atoms. The number of nitrogens with one attached hydrogen (secondary N) is 1. The predicted molar refractivity (Wildman–Crippen MR) is 70.0 cm³/mol. The summed E-state index contributed by atoms with van der Waals surface area (Å²) < 4.78 is 5.25. The summed E-state index contributed by atoms with van der Waals surface area (Å²) in [6, 6.07) is 3.68. The van der Waals surface area contributed by atoms with Gasteiger partial charge in [-0.2, -0.15) is 0 Å². The lowest BCUT2D eigenvalue weighted by Gasteiger charge is -2.12. The quantitative estimate of drug-likeness (QED) is 0.876. The Hall–Kier alpha value is -0.900. The average molecular weight is 253 g/mol. The molecule has 1 aromatic rings. The summed E-state index contributed by atoms with van der Waals surface area (Å²) in [5.41, 5.74) is 0. The van der Waals surface area contributed by atoms with Gasteiger partial charge in [-0.05, 0) is 31.9 Å². The molecule has 0 unspecified atom stereocenters. The minimum atomic E-state index is -0.0401. The minimum absolute atomic E-state index is 0.0401. The van der Waals surface area contributed by atoms with Gasteiger partial charge in [-0.25, -0.2) is 0 Å². The van der Waals surface area contributed by atoms with Gasteiger partial charge in [0, 0.05) is 5.25 Å². The van der Waals surface area contributed by atoms with Crippen LogP contribution in [0.5, 0.6) is 0 Å². The van der Waals surface area contributed by atoms with Crippen molar-refractivity contribution in [3.8, 4) is 0 Å². The first-order valence-electron chi connectivity index (χ1n) is 6.20. The molecule has 4 heteroatoms. The van der Waals surface area contributed by atoms with E-state index in [0.29, 0.717) is 11.0 Å². The third-order valence-corrected chi connectivity index (χ3v) is 4.47. The molecule has 0 aliphatic heterocycles. The molecule has 1 saturated carbocycles. The van der Waals surface area contributed by atoms with E-state index < -0.39 is 0 Å². The number of hydrogen-bond acceptors (Lipinski definition) is 3.